The molecule has 0 radical (unpaired) electrons. The Kier molecular flexibility index (Phi) is 7.28. The summed E-state index contributed by atoms with van der Waals surface area (Å²) in [5, 5.41) is 12.0. The van der Waals surface area contributed by atoms with Crippen LogP contribution in [0.3, 0.4) is 0 Å². The fourth-order valence-electron chi connectivity index (χ4n) is 3.33. The number of ether oxygens (including phenoxy) is 2. The van der Waals surface area contributed by atoms with E-state index in [4.69, 9.17) is 24.1 Å². The maximum absolute atomic E-state index is 10.7. The van der Waals surface area contributed by atoms with E-state index in [9.17, 15) is 4.79 Å². The lowest BCUT2D eigenvalue weighted by Gasteiger charge is -2.27. The number of hydrogen-bond donors (Lipinski definition) is 1. The molecule has 9 nitrogen and oxygen atoms in total. The second-order valence-electron chi connectivity index (χ2n) is 8.05. The van der Waals surface area contributed by atoms with Gasteiger partial charge in [-0.25, -0.2) is 0 Å². The summed E-state index contributed by atoms with van der Waals surface area (Å²) in [6.07, 6.45) is 4.43. The summed E-state index contributed by atoms with van der Waals surface area (Å²) in [6.45, 7) is 4.43. The second-order valence-corrected chi connectivity index (χ2v) is 8.05. The largest absolute Gasteiger partial charge is 0.422 e. The molecule has 2 aliphatic rings. The molecule has 1 saturated heterocycles. The Bertz CT molecular complexity index is 1000. The normalized spacial score (nSPS) is 17.0. The van der Waals surface area contributed by atoms with Gasteiger partial charge >= 0.3 is 0 Å². The van der Waals surface area contributed by atoms with Crippen LogP contribution in [0.15, 0.2) is 45.3 Å². The molecule has 1 amide bonds. The molecule has 2 aromatic heterocycles. The van der Waals surface area contributed by atoms with E-state index in [1.165, 1.54) is 25.3 Å². The van der Waals surface area contributed by atoms with Gasteiger partial charge in [0.2, 0.25) is 17.5 Å². The fourth-order valence-corrected chi connectivity index (χ4v) is 3.33. The van der Waals surface area contributed by atoms with Crippen LogP contribution in [0, 0.1) is 5.92 Å². The summed E-state index contributed by atoms with van der Waals surface area (Å²) in [5.41, 5.74) is 6.54. The molecule has 3 heterocycles. The van der Waals surface area contributed by atoms with Crippen molar-refractivity contribution in [3.8, 4) is 11.3 Å². The molecule has 1 aromatic carbocycles. The summed E-state index contributed by atoms with van der Waals surface area (Å²) in [4.78, 5) is 10.7. The van der Waals surface area contributed by atoms with E-state index >= 15 is 0 Å². The minimum Gasteiger partial charge on any atom is -0.422 e. The van der Waals surface area contributed by atoms with Crippen LogP contribution in [0.25, 0.3) is 11.3 Å². The minimum absolute atomic E-state index is 0. The van der Waals surface area contributed by atoms with Gasteiger partial charge in [0.05, 0.1) is 19.8 Å². The smallest absolute Gasteiger partial charge is 0.287 e. The van der Waals surface area contributed by atoms with Crippen molar-refractivity contribution in [3.05, 3.63) is 53.9 Å². The highest BCUT2D eigenvalue weighted by molar-refractivity contribution is 5.90. The molecule has 2 fully saturated rings. The molecule has 32 heavy (non-hydrogen) atoms. The minimum atomic E-state index is -0.611. The zero-order chi connectivity index (χ0) is 22.3. The average Bonchev–Trinajstić information content (AvgIpc) is 3.40. The molecule has 2 N–H and O–H groups in total. The van der Waals surface area contributed by atoms with Crippen molar-refractivity contribution >= 4 is 5.91 Å². The van der Waals surface area contributed by atoms with Crippen molar-refractivity contribution < 1.29 is 24.6 Å². The Labute approximate surface area is 187 Å². The Balaban J connectivity index is 0.000000186. The Hall–Kier alpha value is -3.04. The molecule has 1 aliphatic carbocycles. The van der Waals surface area contributed by atoms with Crippen LogP contribution < -0.4 is 5.73 Å². The van der Waals surface area contributed by atoms with Gasteiger partial charge < -0.3 is 24.1 Å². The lowest BCUT2D eigenvalue weighted by molar-refractivity contribution is -0.0925. The predicted octanol–water partition coefficient (Wildman–Crippen LogP) is 4.14. The molecule has 172 valence electrons. The van der Waals surface area contributed by atoms with E-state index in [2.05, 4.69) is 22.3 Å². The van der Waals surface area contributed by atoms with Crippen LogP contribution in [-0.2, 0) is 9.47 Å². The average molecular weight is 443 g/mol. The summed E-state index contributed by atoms with van der Waals surface area (Å²) in [5.74, 6) is 1.92. The molecule has 9 heteroatoms. The van der Waals surface area contributed by atoms with E-state index < -0.39 is 5.91 Å². The molecular weight excluding hydrogens is 412 g/mol. The number of amides is 1. The number of benzene rings is 1. The van der Waals surface area contributed by atoms with Gasteiger partial charge in [0, 0.05) is 24.9 Å². The van der Waals surface area contributed by atoms with Crippen molar-refractivity contribution in [2.45, 2.75) is 44.6 Å². The number of hydrogen-bond acceptors (Lipinski definition) is 8. The van der Waals surface area contributed by atoms with Gasteiger partial charge in [-0.05, 0) is 19.3 Å². The Morgan fingerprint density at radius 3 is 2.59 bits per heavy atom. The maximum Gasteiger partial charge on any atom is 0.287 e. The molecule has 1 atom stereocenters. The summed E-state index contributed by atoms with van der Waals surface area (Å²) in [6, 6.07) is 10.9. The van der Waals surface area contributed by atoms with E-state index in [0.717, 1.165) is 37.7 Å². The Morgan fingerprint density at radius 1 is 1.25 bits per heavy atom. The first-order valence-electron chi connectivity index (χ1n) is 11.0. The zero-order valence-electron chi connectivity index (χ0n) is 18.1. The molecule has 1 aliphatic heterocycles. The number of carbonyl (C=O) groups excluding carboxylic acids is 1. The van der Waals surface area contributed by atoms with Crippen molar-refractivity contribution in [3.63, 3.8) is 0 Å². The number of carbonyl (C=O) groups is 1. The third-order valence-electron chi connectivity index (χ3n) is 5.62. The van der Waals surface area contributed by atoms with Gasteiger partial charge in [-0.3, -0.25) is 4.79 Å². The van der Waals surface area contributed by atoms with Gasteiger partial charge in [0.25, 0.3) is 5.91 Å². The standard InChI is InChI=1S/C13H20N2O3.C10H8N2O2.H2/c1-2-11(17-8-9-6-16-7-9)13-15-14-12(18-13)10-4-3-5-10;11-10(13)9-6-8(12-14-9)7-4-2-1-3-5-7;/h9-11H,2-8H2,1H3;1-6H,(H2,11,13);1H. The number of nitrogens with two attached hydrogens (primary N) is 1. The van der Waals surface area contributed by atoms with E-state index in [-0.39, 0.29) is 13.3 Å². The van der Waals surface area contributed by atoms with Gasteiger partial charge in [-0.2, -0.15) is 0 Å². The monoisotopic (exact) mass is 442 g/mol. The first-order chi connectivity index (χ1) is 15.6. The first-order valence-corrected chi connectivity index (χ1v) is 11.0. The predicted molar refractivity (Wildman–Crippen MR) is 117 cm³/mol. The van der Waals surface area contributed by atoms with Crippen molar-refractivity contribution in [1.82, 2.24) is 15.4 Å². The van der Waals surface area contributed by atoms with Crippen LogP contribution in [0.5, 0.6) is 0 Å². The second kappa shape index (κ2) is 10.5. The number of nitrogens with zero attached hydrogens (tertiary/aromatic N) is 3. The van der Waals surface area contributed by atoms with Crippen molar-refractivity contribution in [2.24, 2.45) is 11.7 Å². The van der Waals surface area contributed by atoms with Gasteiger partial charge in [-0.15, -0.1) is 10.2 Å². The topological polar surface area (TPSA) is 126 Å². The molecule has 5 rings (SSSR count). The number of primary amides is 1. The summed E-state index contributed by atoms with van der Waals surface area (Å²) < 4.78 is 21.5. The van der Waals surface area contributed by atoms with E-state index in [1.807, 2.05) is 30.3 Å². The Morgan fingerprint density at radius 2 is 2.03 bits per heavy atom. The van der Waals surface area contributed by atoms with Gasteiger partial charge in [0.15, 0.2) is 0 Å². The van der Waals surface area contributed by atoms with Gasteiger partial charge in [-0.1, -0.05) is 48.8 Å². The van der Waals surface area contributed by atoms with Crippen LogP contribution in [0.4, 0.5) is 0 Å². The fraction of sp³-hybridized carbons (Fsp3) is 0.478. The highest BCUT2D eigenvalue weighted by Gasteiger charge is 2.28. The molecule has 0 spiro atoms. The SMILES string of the molecule is CCC(OCC1COC1)c1nnc(C2CCC2)o1.NC(=O)c1cc(-c2ccccc2)no1.[HH]. The molecule has 3 aromatic rings. The highest BCUT2D eigenvalue weighted by atomic mass is 16.5. The number of rotatable bonds is 8. The van der Waals surface area contributed by atoms with Crippen LogP contribution >= 0.6 is 0 Å². The van der Waals surface area contributed by atoms with Crippen LogP contribution in [0.1, 0.15) is 68.4 Å². The lowest BCUT2D eigenvalue weighted by atomic mass is 9.85. The zero-order valence-corrected chi connectivity index (χ0v) is 18.1. The number of aromatic nitrogens is 3. The maximum atomic E-state index is 10.7. The molecule has 0 bridgehead atoms. The summed E-state index contributed by atoms with van der Waals surface area (Å²) >= 11 is 0. The van der Waals surface area contributed by atoms with Crippen molar-refractivity contribution in [2.75, 3.05) is 19.8 Å². The third-order valence-corrected chi connectivity index (χ3v) is 5.62. The molecule has 1 unspecified atom stereocenters. The summed E-state index contributed by atoms with van der Waals surface area (Å²) in [7, 11) is 0. The third kappa shape index (κ3) is 5.41. The molecular formula is C23H30N4O5. The van der Waals surface area contributed by atoms with Crippen molar-refractivity contribution in [1.29, 1.82) is 0 Å². The lowest BCUT2D eigenvalue weighted by Crippen LogP contribution is -2.32. The van der Waals surface area contributed by atoms with Crippen LogP contribution in [0.2, 0.25) is 0 Å². The van der Waals surface area contributed by atoms with Crippen LogP contribution in [-0.4, -0.2) is 41.1 Å². The first kappa shape index (κ1) is 22.2. The van der Waals surface area contributed by atoms with E-state index in [0.29, 0.717) is 23.4 Å². The highest BCUT2D eigenvalue weighted by Crippen LogP contribution is 2.36. The quantitative estimate of drug-likeness (QED) is 0.551. The van der Waals surface area contributed by atoms with E-state index in [1.54, 1.807) is 0 Å². The molecule has 1 saturated carbocycles. The van der Waals surface area contributed by atoms with Gasteiger partial charge in [0.1, 0.15) is 11.8 Å².